The van der Waals surface area contributed by atoms with Crippen molar-refractivity contribution in [3.05, 3.63) is 70.3 Å². The van der Waals surface area contributed by atoms with Crippen molar-refractivity contribution in [2.24, 2.45) is 7.05 Å². The van der Waals surface area contributed by atoms with Crippen molar-refractivity contribution in [2.75, 3.05) is 11.9 Å². The number of urea groups is 1. The summed E-state index contributed by atoms with van der Waals surface area (Å²) in [6.45, 7) is 4.27. The van der Waals surface area contributed by atoms with Gasteiger partial charge in [0, 0.05) is 19.3 Å². The van der Waals surface area contributed by atoms with Crippen LogP contribution in [0.15, 0.2) is 53.3 Å². The number of carbonyl (C=O) groups is 1. The van der Waals surface area contributed by atoms with E-state index < -0.39 is 0 Å². The van der Waals surface area contributed by atoms with Gasteiger partial charge in [0.15, 0.2) is 0 Å². The molecule has 1 aromatic heterocycles. The summed E-state index contributed by atoms with van der Waals surface area (Å²) in [6.07, 6.45) is 0.595. The predicted octanol–water partition coefficient (Wildman–Crippen LogP) is 3.81. The van der Waals surface area contributed by atoms with Crippen LogP contribution >= 0.6 is 0 Å². The number of benzene rings is 2. The van der Waals surface area contributed by atoms with Gasteiger partial charge in [-0.1, -0.05) is 25.1 Å². The quantitative estimate of drug-likeness (QED) is 0.718. The van der Waals surface area contributed by atoms with Crippen LogP contribution in [-0.4, -0.2) is 27.0 Å². The van der Waals surface area contributed by atoms with Gasteiger partial charge < -0.3 is 10.2 Å². The highest BCUT2D eigenvalue weighted by molar-refractivity contribution is 5.89. The average Bonchev–Trinajstić information content (AvgIpc) is 2.74. The fraction of sp³-hybridized carbons (Fsp3) is 0.273. The molecule has 148 valence electrons. The van der Waals surface area contributed by atoms with Gasteiger partial charge in [0.1, 0.15) is 5.82 Å². The van der Waals surface area contributed by atoms with Crippen LogP contribution in [0.4, 0.5) is 10.5 Å². The number of nitrogens with zero attached hydrogens (tertiary/aromatic N) is 4. The zero-order valence-corrected chi connectivity index (χ0v) is 16.7. The Morgan fingerprint density at radius 1 is 1.24 bits per heavy atom. The lowest BCUT2D eigenvalue weighted by Gasteiger charge is -2.31. The van der Waals surface area contributed by atoms with E-state index in [1.165, 1.54) is 4.57 Å². The topological polar surface area (TPSA) is 91.0 Å². The van der Waals surface area contributed by atoms with Gasteiger partial charge in [-0.25, -0.2) is 9.78 Å². The van der Waals surface area contributed by atoms with Crippen LogP contribution in [0.2, 0.25) is 0 Å². The molecule has 0 spiro atoms. The highest BCUT2D eigenvalue weighted by atomic mass is 16.2. The Morgan fingerprint density at radius 3 is 2.69 bits per heavy atom. The number of para-hydroxylation sites is 1. The van der Waals surface area contributed by atoms with Crippen LogP contribution in [0.3, 0.4) is 0 Å². The number of amides is 2. The van der Waals surface area contributed by atoms with Crippen molar-refractivity contribution in [3.8, 4) is 6.07 Å². The number of fused-ring (bicyclic) bond motifs is 1. The summed E-state index contributed by atoms with van der Waals surface area (Å²) in [7, 11) is 1.68. The second-order valence-electron chi connectivity index (χ2n) is 6.68. The summed E-state index contributed by atoms with van der Waals surface area (Å²) in [6, 6.07) is 15.3. The molecular weight excluding hydrogens is 366 g/mol. The van der Waals surface area contributed by atoms with Crippen LogP contribution in [0.5, 0.6) is 0 Å². The summed E-state index contributed by atoms with van der Waals surface area (Å²) in [5.41, 5.74) is 1.49. The fourth-order valence-corrected chi connectivity index (χ4v) is 3.44. The molecule has 3 rings (SSSR count). The average molecular weight is 389 g/mol. The predicted molar refractivity (Wildman–Crippen MR) is 113 cm³/mol. The molecule has 29 heavy (non-hydrogen) atoms. The van der Waals surface area contributed by atoms with Crippen molar-refractivity contribution >= 4 is 22.6 Å². The van der Waals surface area contributed by atoms with Gasteiger partial charge in [-0.15, -0.1) is 0 Å². The maximum atomic E-state index is 13.0. The molecule has 2 aromatic carbocycles. The van der Waals surface area contributed by atoms with Crippen LogP contribution in [0, 0.1) is 11.3 Å². The van der Waals surface area contributed by atoms with Crippen LogP contribution in [-0.2, 0) is 7.05 Å². The molecule has 7 heteroatoms. The molecule has 0 bridgehead atoms. The maximum Gasteiger partial charge on any atom is 0.322 e. The standard InChI is InChI=1S/C22H23N5O2/c1-4-19(20-25-18-12-7-6-11-17(18)21(28)26(20)3)27(5-2)22(29)24-16-10-8-9-15(13-16)14-23/h6-13,19H,4-5H2,1-3H3,(H,24,29). The first-order valence-corrected chi connectivity index (χ1v) is 9.53. The van der Waals surface area contributed by atoms with E-state index in [0.717, 1.165) is 0 Å². The Bertz CT molecular complexity index is 1150. The highest BCUT2D eigenvalue weighted by Crippen LogP contribution is 2.24. The van der Waals surface area contributed by atoms with Crippen molar-refractivity contribution in [2.45, 2.75) is 26.3 Å². The molecule has 7 nitrogen and oxygen atoms in total. The minimum atomic E-state index is -0.374. The molecule has 0 aliphatic carbocycles. The molecule has 0 saturated carbocycles. The van der Waals surface area contributed by atoms with Gasteiger partial charge in [0.05, 0.1) is 28.6 Å². The second kappa shape index (κ2) is 8.57. The van der Waals surface area contributed by atoms with E-state index in [2.05, 4.69) is 11.4 Å². The largest absolute Gasteiger partial charge is 0.322 e. The third kappa shape index (κ3) is 3.97. The Hall–Kier alpha value is -3.66. The number of hydrogen-bond donors (Lipinski definition) is 1. The fourth-order valence-electron chi connectivity index (χ4n) is 3.44. The first-order chi connectivity index (χ1) is 14.0. The van der Waals surface area contributed by atoms with E-state index in [9.17, 15) is 9.59 Å². The smallest absolute Gasteiger partial charge is 0.315 e. The first-order valence-electron chi connectivity index (χ1n) is 9.53. The minimum absolute atomic E-state index is 0.137. The Morgan fingerprint density at radius 2 is 2.00 bits per heavy atom. The van der Waals surface area contributed by atoms with Gasteiger partial charge in [-0.05, 0) is 43.7 Å². The zero-order valence-electron chi connectivity index (χ0n) is 16.7. The molecule has 1 unspecified atom stereocenters. The van der Waals surface area contributed by atoms with Crippen molar-refractivity contribution in [3.63, 3.8) is 0 Å². The normalized spacial score (nSPS) is 11.7. The summed E-state index contributed by atoms with van der Waals surface area (Å²) < 4.78 is 1.52. The number of hydrogen-bond acceptors (Lipinski definition) is 4. The molecule has 0 aliphatic heterocycles. The molecule has 1 atom stereocenters. The number of rotatable bonds is 5. The van der Waals surface area contributed by atoms with Gasteiger partial charge in [-0.2, -0.15) is 5.26 Å². The van der Waals surface area contributed by atoms with Gasteiger partial charge in [0.25, 0.3) is 5.56 Å². The van der Waals surface area contributed by atoms with Crippen molar-refractivity contribution in [1.29, 1.82) is 5.26 Å². The Balaban J connectivity index is 1.98. The maximum absolute atomic E-state index is 13.0. The lowest BCUT2D eigenvalue weighted by Crippen LogP contribution is -2.40. The summed E-state index contributed by atoms with van der Waals surface area (Å²) >= 11 is 0. The van der Waals surface area contributed by atoms with Crippen LogP contribution in [0.1, 0.15) is 37.7 Å². The second-order valence-corrected chi connectivity index (χ2v) is 6.68. The Labute approximate surface area is 169 Å². The monoisotopic (exact) mass is 389 g/mol. The number of nitrogens with one attached hydrogen (secondary N) is 1. The third-order valence-electron chi connectivity index (χ3n) is 4.92. The third-order valence-corrected chi connectivity index (χ3v) is 4.92. The van der Waals surface area contributed by atoms with E-state index in [0.29, 0.717) is 40.9 Å². The number of anilines is 1. The first kappa shape index (κ1) is 20.1. The van der Waals surface area contributed by atoms with Crippen LogP contribution < -0.4 is 10.9 Å². The SMILES string of the molecule is CCC(c1nc2ccccc2c(=O)n1C)N(CC)C(=O)Nc1cccc(C#N)c1. The van der Waals surface area contributed by atoms with Gasteiger partial charge in [0.2, 0.25) is 0 Å². The van der Waals surface area contributed by atoms with Crippen molar-refractivity contribution in [1.82, 2.24) is 14.5 Å². The summed E-state index contributed by atoms with van der Waals surface area (Å²) in [5.74, 6) is 0.541. The number of nitriles is 1. The highest BCUT2D eigenvalue weighted by Gasteiger charge is 2.26. The van der Waals surface area contributed by atoms with Crippen LogP contribution in [0.25, 0.3) is 10.9 Å². The number of aromatic nitrogens is 2. The van der Waals surface area contributed by atoms with E-state index in [-0.39, 0.29) is 17.6 Å². The summed E-state index contributed by atoms with van der Waals surface area (Å²) in [4.78, 5) is 32.1. The van der Waals surface area contributed by atoms with E-state index >= 15 is 0 Å². The lowest BCUT2D eigenvalue weighted by atomic mass is 10.1. The Kier molecular flexibility index (Phi) is 5.93. The molecule has 1 heterocycles. The molecule has 1 N–H and O–H groups in total. The molecule has 0 fully saturated rings. The summed E-state index contributed by atoms with van der Waals surface area (Å²) in [5, 5.41) is 12.5. The molecular formula is C22H23N5O2. The minimum Gasteiger partial charge on any atom is -0.315 e. The molecule has 2 amide bonds. The van der Waals surface area contributed by atoms with Gasteiger partial charge >= 0.3 is 6.03 Å². The molecule has 3 aromatic rings. The molecule has 0 aliphatic rings. The van der Waals surface area contributed by atoms with E-state index in [4.69, 9.17) is 10.2 Å². The van der Waals surface area contributed by atoms with E-state index in [1.807, 2.05) is 26.0 Å². The zero-order chi connectivity index (χ0) is 21.0. The number of carbonyl (C=O) groups excluding carboxylic acids is 1. The van der Waals surface area contributed by atoms with E-state index in [1.54, 1.807) is 48.3 Å². The molecule has 0 radical (unpaired) electrons. The van der Waals surface area contributed by atoms with Gasteiger partial charge in [-0.3, -0.25) is 9.36 Å². The lowest BCUT2D eigenvalue weighted by molar-refractivity contribution is 0.185. The molecule has 0 saturated heterocycles. The van der Waals surface area contributed by atoms with Crippen molar-refractivity contribution < 1.29 is 4.79 Å².